The van der Waals surface area contributed by atoms with Crippen molar-refractivity contribution in [3.05, 3.63) is 89.2 Å². The van der Waals surface area contributed by atoms with E-state index in [-0.39, 0.29) is 12.3 Å². The molecular formula is C24H21N5OS. The topological polar surface area (TPSA) is 74.8 Å². The molecule has 0 aliphatic carbocycles. The summed E-state index contributed by atoms with van der Waals surface area (Å²) in [6.45, 7) is 2.72. The summed E-state index contributed by atoms with van der Waals surface area (Å²) in [5, 5.41) is 15.9. The summed E-state index contributed by atoms with van der Waals surface area (Å²) >= 11 is 1.58. The molecule has 0 N–H and O–H groups in total. The largest absolute Gasteiger partial charge is 0.332 e. The summed E-state index contributed by atoms with van der Waals surface area (Å²) < 4.78 is 1.70. The minimum atomic E-state index is -0.170. The second-order valence-electron chi connectivity index (χ2n) is 7.14. The first-order valence-electron chi connectivity index (χ1n) is 9.92. The zero-order valence-corrected chi connectivity index (χ0v) is 17.9. The molecule has 3 heterocycles. The van der Waals surface area contributed by atoms with Gasteiger partial charge in [-0.25, -0.2) is 4.68 Å². The Bertz CT molecular complexity index is 1210. The Hall–Kier alpha value is -3.76. The highest BCUT2D eigenvalue weighted by atomic mass is 32.1. The number of aryl methyl sites for hydroxylation is 1. The highest BCUT2D eigenvalue weighted by Crippen LogP contribution is 2.27. The number of rotatable bonds is 7. The molecule has 1 amide bonds. The van der Waals surface area contributed by atoms with E-state index >= 15 is 0 Å². The van der Waals surface area contributed by atoms with Gasteiger partial charge in [-0.15, -0.1) is 11.3 Å². The predicted molar refractivity (Wildman–Crippen MR) is 121 cm³/mol. The van der Waals surface area contributed by atoms with Gasteiger partial charge < -0.3 is 4.90 Å². The van der Waals surface area contributed by atoms with E-state index in [0.717, 1.165) is 27.4 Å². The van der Waals surface area contributed by atoms with Gasteiger partial charge in [0.05, 0.1) is 23.1 Å². The molecule has 31 heavy (non-hydrogen) atoms. The SMILES string of the molecule is Cc1cccc(-n2nc(-c3cccs3)cc2C(=O)N(CCC#N)Cc2cccnc2)c1. The number of amides is 1. The van der Waals surface area contributed by atoms with E-state index in [9.17, 15) is 4.79 Å². The van der Waals surface area contributed by atoms with Gasteiger partial charge in [-0.05, 0) is 53.8 Å². The van der Waals surface area contributed by atoms with Gasteiger partial charge in [0.2, 0.25) is 0 Å². The van der Waals surface area contributed by atoms with Gasteiger partial charge >= 0.3 is 0 Å². The van der Waals surface area contributed by atoms with Crippen molar-refractivity contribution in [1.29, 1.82) is 5.26 Å². The average molecular weight is 428 g/mol. The van der Waals surface area contributed by atoms with Crippen LogP contribution in [0.4, 0.5) is 0 Å². The smallest absolute Gasteiger partial charge is 0.272 e. The first-order chi connectivity index (χ1) is 15.2. The molecule has 3 aromatic heterocycles. The van der Waals surface area contributed by atoms with Crippen LogP contribution in [0.5, 0.6) is 0 Å². The van der Waals surface area contributed by atoms with Gasteiger partial charge in [0.15, 0.2) is 0 Å². The van der Waals surface area contributed by atoms with Crippen molar-refractivity contribution in [3.8, 4) is 22.3 Å². The van der Waals surface area contributed by atoms with Crippen molar-refractivity contribution in [2.24, 2.45) is 0 Å². The molecule has 0 fully saturated rings. The van der Waals surface area contributed by atoms with E-state index in [2.05, 4.69) is 11.1 Å². The van der Waals surface area contributed by atoms with E-state index in [1.54, 1.807) is 33.3 Å². The van der Waals surface area contributed by atoms with Crippen LogP contribution in [0.2, 0.25) is 0 Å². The van der Waals surface area contributed by atoms with E-state index in [1.807, 2.05) is 66.9 Å². The molecule has 0 spiro atoms. The summed E-state index contributed by atoms with van der Waals surface area (Å²) in [6, 6.07) is 19.6. The Morgan fingerprint density at radius 1 is 1.19 bits per heavy atom. The average Bonchev–Trinajstić information content (AvgIpc) is 3.47. The Morgan fingerprint density at radius 3 is 2.81 bits per heavy atom. The summed E-state index contributed by atoms with van der Waals surface area (Å²) in [4.78, 5) is 20.5. The molecule has 0 atom stereocenters. The number of aromatic nitrogens is 3. The Balaban J connectivity index is 1.76. The molecule has 0 aliphatic rings. The zero-order valence-electron chi connectivity index (χ0n) is 17.1. The number of nitrogens with zero attached hydrogens (tertiary/aromatic N) is 5. The van der Waals surface area contributed by atoms with E-state index in [4.69, 9.17) is 10.4 Å². The van der Waals surface area contributed by atoms with Gasteiger partial charge in [0.1, 0.15) is 11.4 Å². The molecule has 7 heteroatoms. The molecule has 0 aliphatic heterocycles. The number of pyridine rings is 1. The molecule has 154 valence electrons. The first kappa shape index (κ1) is 20.5. The van der Waals surface area contributed by atoms with Crippen LogP contribution in [-0.4, -0.2) is 32.1 Å². The van der Waals surface area contributed by atoms with Gasteiger partial charge in [-0.1, -0.05) is 24.3 Å². The van der Waals surface area contributed by atoms with E-state index < -0.39 is 0 Å². The fourth-order valence-electron chi connectivity index (χ4n) is 3.35. The van der Waals surface area contributed by atoms with Crippen molar-refractivity contribution >= 4 is 17.2 Å². The Morgan fingerprint density at radius 2 is 2.10 bits per heavy atom. The third kappa shape index (κ3) is 4.71. The van der Waals surface area contributed by atoms with Crippen LogP contribution in [0.25, 0.3) is 16.3 Å². The number of carbonyl (C=O) groups excluding carboxylic acids is 1. The summed E-state index contributed by atoms with van der Waals surface area (Å²) in [5.74, 6) is -0.170. The number of hydrogen-bond acceptors (Lipinski definition) is 5. The molecule has 0 saturated heterocycles. The summed E-state index contributed by atoms with van der Waals surface area (Å²) in [5.41, 5.74) is 4.04. The van der Waals surface area contributed by atoms with Crippen LogP contribution < -0.4 is 0 Å². The molecule has 0 saturated carbocycles. The fourth-order valence-corrected chi connectivity index (χ4v) is 4.03. The maximum Gasteiger partial charge on any atom is 0.272 e. The standard InChI is InChI=1S/C24H21N5OS/c1-18-6-2-8-20(14-18)29-22(15-21(27-29)23-9-4-13-31-23)24(30)28(12-5-10-25)17-19-7-3-11-26-16-19/h2-4,6-9,11,13-16H,5,12,17H2,1H3. The number of benzene rings is 1. The molecule has 1 aromatic carbocycles. The molecule has 0 radical (unpaired) electrons. The number of thiophene rings is 1. The lowest BCUT2D eigenvalue weighted by atomic mass is 10.2. The minimum Gasteiger partial charge on any atom is -0.332 e. The molecule has 4 aromatic rings. The Kier molecular flexibility index (Phi) is 6.20. The van der Waals surface area contributed by atoms with Gasteiger partial charge in [0, 0.05) is 25.5 Å². The molecule has 0 bridgehead atoms. The molecule has 6 nitrogen and oxygen atoms in total. The lowest BCUT2D eigenvalue weighted by molar-refractivity contribution is 0.0737. The van der Waals surface area contributed by atoms with Crippen LogP contribution >= 0.6 is 11.3 Å². The van der Waals surface area contributed by atoms with Gasteiger partial charge in [0.25, 0.3) is 5.91 Å². The molecule has 0 unspecified atom stereocenters. The maximum absolute atomic E-state index is 13.7. The van der Waals surface area contributed by atoms with Crippen molar-refractivity contribution in [2.45, 2.75) is 19.9 Å². The maximum atomic E-state index is 13.7. The monoisotopic (exact) mass is 427 g/mol. The summed E-state index contributed by atoms with van der Waals surface area (Å²) in [6.07, 6.45) is 3.69. The van der Waals surface area contributed by atoms with Crippen molar-refractivity contribution < 1.29 is 4.79 Å². The lowest BCUT2D eigenvalue weighted by Crippen LogP contribution is -2.33. The second kappa shape index (κ2) is 9.37. The van der Waals surface area contributed by atoms with Crippen LogP contribution in [0.3, 0.4) is 0 Å². The first-order valence-corrected chi connectivity index (χ1v) is 10.8. The second-order valence-corrected chi connectivity index (χ2v) is 8.09. The van der Waals surface area contributed by atoms with Crippen LogP contribution in [0.1, 0.15) is 28.0 Å². The third-order valence-corrected chi connectivity index (χ3v) is 5.72. The van der Waals surface area contributed by atoms with E-state index in [0.29, 0.717) is 18.8 Å². The molecular weight excluding hydrogens is 406 g/mol. The lowest BCUT2D eigenvalue weighted by Gasteiger charge is -2.22. The minimum absolute atomic E-state index is 0.170. The van der Waals surface area contributed by atoms with Crippen molar-refractivity contribution in [2.75, 3.05) is 6.54 Å². The number of nitriles is 1. The normalized spacial score (nSPS) is 10.6. The van der Waals surface area contributed by atoms with E-state index in [1.165, 1.54) is 0 Å². The van der Waals surface area contributed by atoms with Crippen molar-refractivity contribution in [3.63, 3.8) is 0 Å². The van der Waals surface area contributed by atoms with Crippen LogP contribution in [0.15, 0.2) is 72.4 Å². The van der Waals surface area contributed by atoms with Gasteiger partial charge in [-0.2, -0.15) is 10.4 Å². The quantitative estimate of drug-likeness (QED) is 0.422. The number of hydrogen-bond donors (Lipinski definition) is 0. The summed E-state index contributed by atoms with van der Waals surface area (Å²) in [7, 11) is 0. The van der Waals surface area contributed by atoms with Crippen LogP contribution in [0, 0.1) is 18.3 Å². The van der Waals surface area contributed by atoms with Crippen LogP contribution in [-0.2, 0) is 6.54 Å². The molecule has 4 rings (SSSR count). The highest BCUT2D eigenvalue weighted by Gasteiger charge is 2.23. The predicted octanol–water partition coefficient (Wildman–Crippen LogP) is 4.86. The number of carbonyl (C=O) groups is 1. The van der Waals surface area contributed by atoms with Gasteiger partial charge in [-0.3, -0.25) is 9.78 Å². The third-order valence-electron chi connectivity index (χ3n) is 4.83. The van der Waals surface area contributed by atoms with Crippen molar-refractivity contribution in [1.82, 2.24) is 19.7 Å². The highest BCUT2D eigenvalue weighted by molar-refractivity contribution is 7.13. The zero-order chi connectivity index (χ0) is 21.6. The Labute approximate surface area is 185 Å². The fraction of sp³-hybridized carbons (Fsp3) is 0.167.